The first-order chi connectivity index (χ1) is 10.7. The van der Waals surface area contributed by atoms with Gasteiger partial charge in [-0.2, -0.15) is 0 Å². The molecule has 23 heavy (non-hydrogen) atoms. The minimum absolute atomic E-state index is 0.260. The van der Waals surface area contributed by atoms with Crippen LogP contribution < -0.4 is 15.4 Å². The third-order valence-electron chi connectivity index (χ3n) is 2.74. The van der Waals surface area contributed by atoms with Crippen LogP contribution in [0.4, 0.5) is 24.5 Å². The average Bonchev–Trinajstić information content (AvgIpc) is 2.41. The standard InChI is InChI=1S/C15H12BrF3N2OS/c1-9-7-11(5-6-13(9)16)21-14(23)20-10-3-2-4-12(8-10)22-15(17,18)19/h2-8H,1H3,(H2,20,21,23). The van der Waals surface area contributed by atoms with Gasteiger partial charge in [-0.15, -0.1) is 13.2 Å². The number of thiocarbonyl (C=S) groups is 1. The largest absolute Gasteiger partial charge is 0.573 e. The van der Waals surface area contributed by atoms with Crippen LogP contribution in [0.5, 0.6) is 5.75 Å². The monoisotopic (exact) mass is 404 g/mol. The molecule has 0 bridgehead atoms. The molecule has 0 saturated heterocycles. The van der Waals surface area contributed by atoms with Gasteiger partial charge >= 0.3 is 6.36 Å². The van der Waals surface area contributed by atoms with Crippen molar-refractivity contribution in [1.29, 1.82) is 0 Å². The van der Waals surface area contributed by atoms with Gasteiger partial charge in [-0.3, -0.25) is 0 Å². The van der Waals surface area contributed by atoms with E-state index in [1.807, 2.05) is 25.1 Å². The van der Waals surface area contributed by atoms with Crippen molar-refractivity contribution in [2.24, 2.45) is 0 Å². The molecule has 0 saturated carbocycles. The number of hydrogen-bond donors (Lipinski definition) is 2. The fraction of sp³-hybridized carbons (Fsp3) is 0.133. The van der Waals surface area contributed by atoms with E-state index in [4.69, 9.17) is 12.2 Å². The maximum Gasteiger partial charge on any atom is 0.573 e. The van der Waals surface area contributed by atoms with Crippen molar-refractivity contribution in [3.63, 3.8) is 0 Å². The Morgan fingerprint density at radius 1 is 1.09 bits per heavy atom. The molecular formula is C15H12BrF3N2OS. The second-order valence-electron chi connectivity index (χ2n) is 4.62. The highest BCUT2D eigenvalue weighted by molar-refractivity contribution is 9.10. The lowest BCUT2D eigenvalue weighted by atomic mass is 10.2. The van der Waals surface area contributed by atoms with Crippen LogP contribution in [0.25, 0.3) is 0 Å². The summed E-state index contributed by atoms with van der Waals surface area (Å²) >= 11 is 8.55. The van der Waals surface area contributed by atoms with E-state index in [2.05, 4.69) is 31.3 Å². The lowest BCUT2D eigenvalue weighted by Gasteiger charge is -2.13. The van der Waals surface area contributed by atoms with Crippen LogP contribution in [0.15, 0.2) is 46.9 Å². The van der Waals surface area contributed by atoms with Crippen LogP contribution in [0.1, 0.15) is 5.56 Å². The van der Waals surface area contributed by atoms with Crippen molar-refractivity contribution in [2.45, 2.75) is 13.3 Å². The van der Waals surface area contributed by atoms with Crippen LogP contribution in [-0.4, -0.2) is 11.5 Å². The molecule has 0 atom stereocenters. The summed E-state index contributed by atoms with van der Waals surface area (Å²) in [4.78, 5) is 0. The Hall–Kier alpha value is -1.80. The Morgan fingerprint density at radius 3 is 2.35 bits per heavy atom. The fourth-order valence-electron chi connectivity index (χ4n) is 1.79. The summed E-state index contributed by atoms with van der Waals surface area (Å²) in [5, 5.41) is 6.03. The third kappa shape index (κ3) is 5.72. The maximum atomic E-state index is 12.2. The van der Waals surface area contributed by atoms with Crippen molar-refractivity contribution >= 4 is 44.6 Å². The van der Waals surface area contributed by atoms with Crippen molar-refractivity contribution in [2.75, 3.05) is 10.6 Å². The van der Waals surface area contributed by atoms with E-state index in [0.29, 0.717) is 5.69 Å². The number of ether oxygens (including phenoxy) is 1. The molecule has 3 nitrogen and oxygen atoms in total. The average molecular weight is 405 g/mol. The van der Waals surface area contributed by atoms with E-state index in [-0.39, 0.29) is 10.9 Å². The number of anilines is 2. The Balaban J connectivity index is 2.02. The molecule has 0 aromatic heterocycles. The number of halogens is 4. The minimum Gasteiger partial charge on any atom is -0.406 e. The van der Waals surface area contributed by atoms with Crippen LogP contribution in [0, 0.1) is 6.92 Å². The molecule has 0 radical (unpaired) electrons. The minimum atomic E-state index is -4.73. The lowest BCUT2D eigenvalue weighted by Crippen LogP contribution is -2.20. The van der Waals surface area contributed by atoms with Gasteiger partial charge in [-0.25, -0.2) is 0 Å². The number of benzene rings is 2. The van der Waals surface area contributed by atoms with Gasteiger partial charge in [0, 0.05) is 21.9 Å². The van der Waals surface area contributed by atoms with Crippen molar-refractivity contribution in [1.82, 2.24) is 0 Å². The molecule has 0 unspecified atom stereocenters. The zero-order chi connectivity index (χ0) is 17.0. The summed E-state index contributed by atoms with van der Waals surface area (Å²) < 4.78 is 41.5. The molecule has 0 aliphatic carbocycles. The highest BCUT2D eigenvalue weighted by atomic mass is 79.9. The summed E-state index contributed by atoms with van der Waals surface area (Å²) in [7, 11) is 0. The Bertz CT molecular complexity index is 722. The molecule has 2 N–H and O–H groups in total. The molecule has 0 aliphatic heterocycles. The van der Waals surface area contributed by atoms with Gasteiger partial charge in [0.2, 0.25) is 0 Å². The quantitative estimate of drug-likeness (QED) is 0.664. The van der Waals surface area contributed by atoms with E-state index < -0.39 is 6.36 Å². The number of alkyl halides is 3. The molecule has 0 amide bonds. The first-order valence-corrected chi connectivity index (χ1v) is 7.63. The zero-order valence-electron chi connectivity index (χ0n) is 11.9. The molecule has 8 heteroatoms. The Labute approximate surface area is 145 Å². The predicted molar refractivity (Wildman–Crippen MR) is 91.8 cm³/mol. The number of aryl methyl sites for hydroxylation is 1. The lowest BCUT2D eigenvalue weighted by molar-refractivity contribution is -0.274. The summed E-state index contributed by atoms with van der Waals surface area (Å²) in [5.74, 6) is -0.315. The van der Waals surface area contributed by atoms with Crippen LogP contribution >= 0.6 is 28.1 Å². The van der Waals surface area contributed by atoms with Gasteiger partial charge in [-0.1, -0.05) is 22.0 Å². The first-order valence-electron chi connectivity index (χ1n) is 6.43. The molecule has 122 valence electrons. The van der Waals surface area contributed by atoms with E-state index in [1.54, 1.807) is 6.07 Å². The van der Waals surface area contributed by atoms with Gasteiger partial charge in [0.15, 0.2) is 5.11 Å². The summed E-state index contributed by atoms with van der Waals surface area (Å²) in [6.45, 7) is 1.93. The smallest absolute Gasteiger partial charge is 0.406 e. The summed E-state index contributed by atoms with van der Waals surface area (Å²) in [6, 6.07) is 11.1. The van der Waals surface area contributed by atoms with Crippen molar-refractivity contribution in [3.05, 3.63) is 52.5 Å². The molecule has 2 aromatic carbocycles. The van der Waals surface area contributed by atoms with E-state index >= 15 is 0 Å². The third-order valence-corrected chi connectivity index (χ3v) is 3.84. The van der Waals surface area contributed by atoms with Gasteiger partial charge in [0.05, 0.1) is 0 Å². The van der Waals surface area contributed by atoms with Crippen LogP contribution in [0.3, 0.4) is 0 Å². The second-order valence-corrected chi connectivity index (χ2v) is 5.88. The summed E-state index contributed by atoms with van der Waals surface area (Å²) in [5.41, 5.74) is 2.18. The highest BCUT2D eigenvalue weighted by Gasteiger charge is 2.31. The topological polar surface area (TPSA) is 33.3 Å². The van der Waals surface area contributed by atoms with Crippen LogP contribution in [-0.2, 0) is 0 Å². The van der Waals surface area contributed by atoms with Crippen molar-refractivity contribution < 1.29 is 17.9 Å². The zero-order valence-corrected chi connectivity index (χ0v) is 14.3. The SMILES string of the molecule is Cc1cc(NC(=S)Nc2cccc(OC(F)(F)F)c2)ccc1Br. The Morgan fingerprint density at radius 2 is 1.74 bits per heavy atom. The number of hydrogen-bond acceptors (Lipinski definition) is 2. The fourth-order valence-corrected chi connectivity index (χ4v) is 2.27. The first kappa shape index (κ1) is 17.6. The molecule has 0 fully saturated rings. The van der Waals surface area contributed by atoms with E-state index in [9.17, 15) is 13.2 Å². The molecule has 2 rings (SSSR count). The van der Waals surface area contributed by atoms with Gasteiger partial charge in [-0.05, 0) is 55.0 Å². The summed E-state index contributed by atoms with van der Waals surface area (Å²) in [6.07, 6.45) is -4.73. The molecule has 0 heterocycles. The normalized spacial score (nSPS) is 11.0. The molecule has 0 spiro atoms. The number of nitrogens with one attached hydrogen (secondary N) is 2. The Kier molecular flexibility index (Phi) is 5.48. The molecular weight excluding hydrogens is 393 g/mol. The van der Waals surface area contributed by atoms with Crippen molar-refractivity contribution in [3.8, 4) is 5.75 Å². The molecule has 2 aromatic rings. The maximum absolute atomic E-state index is 12.2. The van der Waals surface area contributed by atoms with Gasteiger partial charge < -0.3 is 15.4 Å². The van der Waals surface area contributed by atoms with E-state index in [1.165, 1.54) is 18.2 Å². The number of rotatable bonds is 3. The second kappa shape index (κ2) is 7.18. The van der Waals surface area contributed by atoms with E-state index in [0.717, 1.165) is 15.7 Å². The van der Waals surface area contributed by atoms with Gasteiger partial charge in [0.25, 0.3) is 0 Å². The van der Waals surface area contributed by atoms with Gasteiger partial charge in [0.1, 0.15) is 5.75 Å². The predicted octanol–water partition coefficient (Wildman–Crippen LogP) is 5.47. The van der Waals surface area contributed by atoms with Crippen LogP contribution in [0.2, 0.25) is 0 Å². The highest BCUT2D eigenvalue weighted by Crippen LogP contribution is 2.25. The molecule has 0 aliphatic rings.